The van der Waals surface area contributed by atoms with E-state index in [-0.39, 0.29) is 35.9 Å². The smallest absolute Gasteiger partial charge is 0.242 e. The topological polar surface area (TPSA) is 127 Å². The van der Waals surface area contributed by atoms with Gasteiger partial charge in [-0.2, -0.15) is 9.40 Å². The van der Waals surface area contributed by atoms with Crippen LogP contribution >= 0.6 is 0 Å². The number of nitrogens with one attached hydrogen (secondary N) is 1. The van der Waals surface area contributed by atoms with Crippen molar-refractivity contribution in [3.8, 4) is 11.5 Å². The maximum Gasteiger partial charge on any atom is 0.242 e. The number of carbonyl (C=O) groups is 1. The largest absolute Gasteiger partial charge is 0.456 e. The van der Waals surface area contributed by atoms with E-state index in [1.165, 1.54) is 19.2 Å². The van der Waals surface area contributed by atoms with Gasteiger partial charge in [0.2, 0.25) is 15.9 Å². The molecule has 2 aromatic carbocycles. The van der Waals surface area contributed by atoms with E-state index in [0.717, 1.165) is 15.4 Å². The summed E-state index contributed by atoms with van der Waals surface area (Å²) in [4.78, 5) is 17.0. The molecule has 4 aromatic rings. The molecular weight excluding hydrogens is 518 g/mol. The number of benzene rings is 2. The number of likely N-dealkylation sites (N-methyl/N-ethyl adjacent to an activating group) is 1. The Balaban J connectivity index is 1.52. The number of aromatic nitrogens is 3. The van der Waals surface area contributed by atoms with E-state index in [0.29, 0.717) is 28.1 Å². The molecule has 2 heterocycles. The zero-order chi connectivity index (χ0) is 28.4. The lowest BCUT2D eigenvalue weighted by molar-refractivity contribution is -0.115. The van der Waals surface area contributed by atoms with Gasteiger partial charge >= 0.3 is 0 Å². The Kier molecular flexibility index (Phi) is 8.05. The number of fused-ring (bicyclic) bond motifs is 1. The minimum Gasteiger partial charge on any atom is -0.456 e. The summed E-state index contributed by atoms with van der Waals surface area (Å²) in [6.45, 7) is 7.69. The molecule has 10 nitrogen and oxygen atoms in total. The Morgan fingerprint density at radius 1 is 1.13 bits per heavy atom. The fraction of sp³-hybridized carbons (Fsp3) is 0.321. The third-order valence-electron chi connectivity index (χ3n) is 6.17. The van der Waals surface area contributed by atoms with Crippen molar-refractivity contribution in [1.82, 2.24) is 19.1 Å². The van der Waals surface area contributed by atoms with Gasteiger partial charge in [-0.15, -0.1) is 0 Å². The number of aliphatic hydroxyl groups excluding tert-OH is 1. The molecule has 2 N–H and O–H groups in total. The molecule has 0 atom stereocenters. The molecule has 0 bridgehead atoms. The van der Waals surface area contributed by atoms with Crippen molar-refractivity contribution in [1.29, 1.82) is 0 Å². The SMILES string of the molecule is Cc1cc(CC(=O)Nc2cnn(C(C)(C)C)c2)ccc1Oc1ccnc2ccc(S(=O)(=O)N(C)CCO)cc12. The molecule has 0 saturated heterocycles. The predicted molar refractivity (Wildman–Crippen MR) is 149 cm³/mol. The highest BCUT2D eigenvalue weighted by atomic mass is 32.2. The first-order chi connectivity index (χ1) is 18.4. The maximum absolute atomic E-state index is 12.9. The number of aryl methyl sites for hydroxylation is 1. The van der Waals surface area contributed by atoms with Crippen molar-refractivity contribution in [3.05, 3.63) is 72.2 Å². The highest BCUT2D eigenvalue weighted by molar-refractivity contribution is 7.89. The summed E-state index contributed by atoms with van der Waals surface area (Å²) >= 11 is 0. The molecule has 2 aromatic heterocycles. The van der Waals surface area contributed by atoms with Crippen LogP contribution in [0.3, 0.4) is 0 Å². The lowest BCUT2D eigenvalue weighted by Gasteiger charge is -2.18. The average Bonchev–Trinajstić information content (AvgIpc) is 3.34. The van der Waals surface area contributed by atoms with Gasteiger partial charge in [0.05, 0.1) is 40.9 Å². The zero-order valence-corrected chi connectivity index (χ0v) is 23.5. The normalized spacial score (nSPS) is 12.2. The maximum atomic E-state index is 12.9. The number of aliphatic hydroxyl groups is 1. The van der Waals surface area contributed by atoms with Gasteiger partial charge < -0.3 is 15.2 Å². The van der Waals surface area contributed by atoms with Crippen molar-refractivity contribution in [3.63, 3.8) is 0 Å². The van der Waals surface area contributed by atoms with Gasteiger partial charge in [0.15, 0.2) is 0 Å². The molecule has 0 aliphatic carbocycles. The fourth-order valence-corrected chi connectivity index (χ4v) is 5.18. The van der Waals surface area contributed by atoms with Crippen LogP contribution in [0.4, 0.5) is 5.69 Å². The van der Waals surface area contributed by atoms with Crippen LogP contribution < -0.4 is 10.1 Å². The van der Waals surface area contributed by atoms with Gasteiger partial charge in [-0.1, -0.05) is 12.1 Å². The van der Waals surface area contributed by atoms with Crippen LogP contribution in [0.2, 0.25) is 0 Å². The molecule has 0 radical (unpaired) electrons. The Labute approximate surface area is 228 Å². The number of anilines is 1. The first kappa shape index (κ1) is 28.2. The highest BCUT2D eigenvalue weighted by Crippen LogP contribution is 2.33. The Bertz CT molecular complexity index is 1610. The van der Waals surface area contributed by atoms with E-state index >= 15 is 0 Å². The van der Waals surface area contributed by atoms with E-state index < -0.39 is 10.0 Å². The molecule has 0 fully saturated rings. The summed E-state index contributed by atoms with van der Waals surface area (Å²) < 4.78 is 34.9. The highest BCUT2D eigenvalue weighted by Gasteiger charge is 2.21. The number of hydrogen-bond acceptors (Lipinski definition) is 7. The van der Waals surface area contributed by atoms with Gasteiger partial charge in [0.1, 0.15) is 11.5 Å². The Hall–Kier alpha value is -3.80. The van der Waals surface area contributed by atoms with E-state index in [2.05, 4.69) is 15.4 Å². The summed E-state index contributed by atoms with van der Waals surface area (Å²) in [6, 6.07) is 11.8. The van der Waals surface area contributed by atoms with E-state index in [1.807, 2.05) is 39.8 Å². The molecule has 0 aliphatic heterocycles. The van der Waals surface area contributed by atoms with Crippen LogP contribution in [-0.4, -0.2) is 58.7 Å². The van der Waals surface area contributed by atoms with Gasteiger partial charge in [0.25, 0.3) is 0 Å². The standard InChI is InChI=1S/C28H33N5O5S/c1-19-14-20(15-27(35)31-21-17-30-33(18-21)28(2,3)4)6-9-25(19)38-26-10-11-29-24-8-7-22(16-23(24)26)39(36,37)32(5)12-13-34/h6-11,14,16-18,34H,12-13,15H2,1-5H3,(H,31,35). The van der Waals surface area contributed by atoms with Crippen molar-refractivity contribution in [2.24, 2.45) is 0 Å². The predicted octanol–water partition coefficient (Wildman–Crippen LogP) is 4.08. The first-order valence-electron chi connectivity index (χ1n) is 12.5. The average molecular weight is 552 g/mol. The fourth-order valence-electron chi connectivity index (χ4n) is 3.99. The molecule has 0 aliphatic rings. The van der Waals surface area contributed by atoms with Crippen LogP contribution in [0.5, 0.6) is 11.5 Å². The zero-order valence-electron chi connectivity index (χ0n) is 22.7. The van der Waals surface area contributed by atoms with Crippen molar-refractivity contribution < 1.29 is 23.1 Å². The molecule has 0 unspecified atom stereocenters. The van der Waals surface area contributed by atoms with Crippen molar-refractivity contribution in [2.45, 2.75) is 44.6 Å². The molecular formula is C28H33N5O5S. The number of pyridine rings is 1. The van der Waals surface area contributed by atoms with Crippen molar-refractivity contribution in [2.75, 3.05) is 25.5 Å². The number of sulfonamides is 1. The summed E-state index contributed by atoms with van der Waals surface area (Å²) in [5.74, 6) is 0.867. The molecule has 4 rings (SSSR count). The Morgan fingerprint density at radius 3 is 2.56 bits per heavy atom. The summed E-state index contributed by atoms with van der Waals surface area (Å²) in [5, 5.41) is 16.9. The summed E-state index contributed by atoms with van der Waals surface area (Å²) in [6.07, 6.45) is 5.22. The molecule has 206 valence electrons. The van der Waals surface area contributed by atoms with Gasteiger partial charge in [-0.3, -0.25) is 14.5 Å². The van der Waals surface area contributed by atoms with Crippen LogP contribution in [0.1, 0.15) is 31.9 Å². The number of amides is 1. The molecule has 1 amide bonds. The van der Waals surface area contributed by atoms with Crippen molar-refractivity contribution >= 4 is 32.5 Å². The second-order valence-corrected chi connectivity index (χ2v) is 12.4. The monoisotopic (exact) mass is 551 g/mol. The summed E-state index contributed by atoms with van der Waals surface area (Å²) in [5.41, 5.74) is 2.68. The van der Waals surface area contributed by atoms with Crippen LogP contribution in [0, 0.1) is 6.92 Å². The lowest BCUT2D eigenvalue weighted by Crippen LogP contribution is -2.29. The number of nitrogens with zero attached hydrogens (tertiary/aromatic N) is 4. The lowest BCUT2D eigenvalue weighted by atomic mass is 10.1. The number of carbonyl (C=O) groups excluding carboxylic acids is 1. The number of ether oxygens (including phenoxy) is 1. The van der Waals surface area contributed by atoms with Gasteiger partial charge in [-0.25, -0.2) is 8.42 Å². The van der Waals surface area contributed by atoms with Crippen LogP contribution in [0.15, 0.2) is 66.0 Å². The molecule has 0 saturated carbocycles. The van der Waals surface area contributed by atoms with E-state index in [9.17, 15) is 13.2 Å². The molecule has 0 spiro atoms. The minimum atomic E-state index is -3.79. The Morgan fingerprint density at radius 2 is 1.90 bits per heavy atom. The number of hydrogen-bond donors (Lipinski definition) is 2. The first-order valence-corrected chi connectivity index (χ1v) is 13.9. The second-order valence-electron chi connectivity index (χ2n) is 10.3. The minimum absolute atomic E-state index is 0.0130. The van der Waals surface area contributed by atoms with Crippen LogP contribution in [0.25, 0.3) is 10.9 Å². The van der Waals surface area contributed by atoms with Gasteiger partial charge in [-0.05, 0) is 69.2 Å². The van der Waals surface area contributed by atoms with E-state index in [1.54, 1.807) is 41.5 Å². The third-order valence-corrected chi connectivity index (χ3v) is 8.03. The third kappa shape index (κ3) is 6.44. The molecule has 11 heteroatoms. The number of rotatable bonds is 9. The quantitative estimate of drug-likeness (QED) is 0.321. The second kappa shape index (κ2) is 11.1. The van der Waals surface area contributed by atoms with E-state index in [4.69, 9.17) is 9.84 Å². The summed E-state index contributed by atoms with van der Waals surface area (Å²) in [7, 11) is -2.37. The molecule has 39 heavy (non-hydrogen) atoms. The van der Waals surface area contributed by atoms with Gasteiger partial charge in [0, 0.05) is 31.4 Å². The van der Waals surface area contributed by atoms with Crippen LogP contribution in [-0.2, 0) is 26.8 Å².